The summed E-state index contributed by atoms with van der Waals surface area (Å²) in [6, 6.07) is 0. The maximum atomic E-state index is 11.1. The van der Waals surface area contributed by atoms with Gasteiger partial charge in [0.1, 0.15) is 0 Å². The van der Waals surface area contributed by atoms with Gasteiger partial charge in [-0.3, -0.25) is 0 Å². The average molecular weight is 1510 g/mol. The molecule has 0 aliphatic rings. The Balaban J connectivity index is -0.000000405. The van der Waals surface area contributed by atoms with Gasteiger partial charge in [0.25, 0.3) is 0 Å². The number of hydrogen-bond donors (Lipinski definition) is 0. The van der Waals surface area contributed by atoms with Crippen LogP contribution in [-0.2, 0) is 47.7 Å². The molecule has 10 heteroatoms. The van der Waals surface area contributed by atoms with Crippen LogP contribution in [0.1, 0.15) is 467 Å². The minimum Gasteiger partial charge on any atom is -0.463 e. The molecule has 0 fully saturated rings. The molecule has 10 nitrogen and oxygen atoms in total. The van der Waals surface area contributed by atoms with Crippen LogP contribution >= 0.6 is 0 Å². The van der Waals surface area contributed by atoms with E-state index in [1.165, 1.54) is 396 Å². The van der Waals surface area contributed by atoms with Gasteiger partial charge < -0.3 is 23.7 Å². The molecule has 0 heterocycles. The predicted molar refractivity (Wildman–Crippen MR) is 466 cm³/mol. The van der Waals surface area contributed by atoms with Gasteiger partial charge in [0, 0.05) is 30.4 Å². The summed E-state index contributed by atoms with van der Waals surface area (Å²) < 4.78 is 25.4. The maximum Gasteiger partial charge on any atom is 0.330 e. The smallest absolute Gasteiger partial charge is 0.330 e. The van der Waals surface area contributed by atoms with Crippen molar-refractivity contribution in [3.8, 4) is 0 Å². The van der Waals surface area contributed by atoms with Crippen LogP contribution in [0.15, 0.2) is 63.3 Å². The predicted octanol–water partition coefficient (Wildman–Crippen LogP) is 31.0. The number of esters is 5. The summed E-state index contributed by atoms with van der Waals surface area (Å²) in [5.74, 6) is 2.63. The maximum absolute atomic E-state index is 11.1. The third kappa shape index (κ3) is 96.2. The summed E-state index contributed by atoms with van der Waals surface area (Å²) in [6.45, 7) is 42.4. The number of carbonyl (C=O) groups excluding carboxylic acids is 5. The summed E-state index contributed by atoms with van der Waals surface area (Å²) in [7, 11) is 0. The largest absolute Gasteiger partial charge is 0.463 e. The molecule has 0 aromatic carbocycles. The normalized spacial score (nSPS) is 11.6. The van der Waals surface area contributed by atoms with Gasteiger partial charge in [-0.2, -0.15) is 0 Å². The molecule has 107 heavy (non-hydrogen) atoms. The lowest BCUT2D eigenvalue weighted by atomic mass is 9.90. The van der Waals surface area contributed by atoms with Crippen molar-refractivity contribution in [2.45, 2.75) is 467 Å². The van der Waals surface area contributed by atoms with E-state index in [1.807, 2.05) is 0 Å². The van der Waals surface area contributed by atoms with Crippen LogP contribution < -0.4 is 0 Å². The zero-order valence-electron chi connectivity index (χ0n) is 73.3. The Morgan fingerprint density at radius 3 is 0.411 bits per heavy atom. The molecule has 0 aliphatic carbocycles. The minimum atomic E-state index is -0.296. The first-order valence-corrected chi connectivity index (χ1v) is 46.2. The second-order valence-electron chi connectivity index (χ2n) is 31.1. The molecule has 0 aromatic heterocycles. The molecule has 0 N–H and O–H groups in total. The summed E-state index contributed by atoms with van der Waals surface area (Å²) in [4.78, 5) is 55.1. The first-order chi connectivity index (χ1) is 52.2. The molecule has 0 spiro atoms. The molecule has 0 saturated heterocycles. The molecule has 0 bridgehead atoms. The van der Waals surface area contributed by atoms with Gasteiger partial charge >= 0.3 is 29.8 Å². The molecular weight excluding hydrogens is 1330 g/mol. The molecule has 0 saturated carbocycles. The van der Waals surface area contributed by atoms with Gasteiger partial charge in [-0.15, -0.1) is 0 Å². The van der Waals surface area contributed by atoms with Gasteiger partial charge in [-0.25, -0.2) is 24.0 Å². The van der Waals surface area contributed by atoms with E-state index in [0.29, 0.717) is 33.0 Å². The highest BCUT2D eigenvalue weighted by molar-refractivity contribution is 5.82. The Kier molecular flexibility index (Phi) is 102. The van der Waals surface area contributed by atoms with Gasteiger partial charge in [0.2, 0.25) is 0 Å². The molecule has 0 rings (SSSR count). The number of unbranched alkanes of at least 4 members (excludes halogenated alkanes) is 32. The second kappa shape index (κ2) is 98.1. The lowest BCUT2D eigenvalue weighted by molar-refractivity contribution is -0.138. The zero-order chi connectivity index (χ0) is 80.2. The molecular formula is C97H184O10. The highest BCUT2D eigenvalue weighted by atomic mass is 16.5. The Labute approximate surface area is 667 Å². The number of rotatable bonds is 77. The quantitative estimate of drug-likeness (QED) is 0.0251. The third-order valence-corrected chi connectivity index (χ3v) is 21.0. The Morgan fingerprint density at radius 1 is 0.178 bits per heavy atom. The molecule has 3 atom stereocenters. The van der Waals surface area contributed by atoms with Crippen molar-refractivity contribution in [2.24, 2.45) is 29.6 Å². The highest BCUT2D eigenvalue weighted by Gasteiger charge is 2.15. The number of carbonyl (C=O) groups is 5. The highest BCUT2D eigenvalue weighted by Crippen LogP contribution is 2.28. The average Bonchev–Trinajstić information content (AvgIpc) is 1.24. The summed E-state index contributed by atoms with van der Waals surface area (Å²) >= 11 is 0. The number of hydrogen-bond acceptors (Lipinski definition) is 10. The monoisotopic (exact) mass is 1510 g/mol. The van der Waals surface area contributed by atoms with Crippen LogP contribution in [0.3, 0.4) is 0 Å². The molecule has 0 aliphatic heterocycles. The second-order valence-corrected chi connectivity index (χ2v) is 31.1. The van der Waals surface area contributed by atoms with Crippen LogP contribution in [0.4, 0.5) is 0 Å². The zero-order valence-corrected chi connectivity index (χ0v) is 73.3. The third-order valence-electron chi connectivity index (χ3n) is 21.0. The van der Waals surface area contributed by atoms with Gasteiger partial charge in [-0.1, -0.05) is 436 Å². The summed E-state index contributed by atoms with van der Waals surface area (Å²) in [5, 5.41) is 0. The van der Waals surface area contributed by atoms with Crippen LogP contribution in [-0.4, -0.2) is 62.9 Å². The molecule has 0 amide bonds. The summed E-state index contributed by atoms with van der Waals surface area (Å²) in [5.41, 5.74) is 0. The molecule has 3 unspecified atom stereocenters. The van der Waals surface area contributed by atoms with Crippen molar-refractivity contribution in [2.75, 3.05) is 33.0 Å². The summed E-state index contributed by atoms with van der Waals surface area (Å²) in [6.07, 6.45) is 87.5. The van der Waals surface area contributed by atoms with E-state index < -0.39 is 0 Å². The fourth-order valence-electron chi connectivity index (χ4n) is 14.1. The fraction of sp³-hybridized carbons (Fsp3) is 0.845. The molecule has 0 radical (unpaired) electrons. The van der Waals surface area contributed by atoms with E-state index in [0.717, 1.165) is 61.7 Å². The van der Waals surface area contributed by atoms with Gasteiger partial charge in [-0.05, 0) is 93.8 Å². The Bertz CT molecular complexity index is 1850. The van der Waals surface area contributed by atoms with E-state index in [9.17, 15) is 24.0 Å². The first-order valence-electron chi connectivity index (χ1n) is 46.2. The van der Waals surface area contributed by atoms with Crippen molar-refractivity contribution in [1.82, 2.24) is 0 Å². The lowest BCUT2D eigenvalue weighted by Gasteiger charge is -2.17. The van der Waals surface area contributed by atoms with Gasteiger partial charge in [0.05, 0.1) is 33.0 Å². The fourth-order valence-corrected chi connectivity index (χ4v) is 14.1. The standard InChI is InChI=1S/C21H40O2.C20H38O2.2C19H36O2.C18H34O2/c1-4-7-9-11-13-16-20(17-14-12-10-8-5-2)18-15-19-23-21(22)6-3;1-4-7-9-11-13-16-19(15-12-10-8-5-2)17-14-18-22-20(21)6-3;1-4-7-9-10-12-15-18(14-11-8-5-2)16-13-17-21-19(20)6-3;1-4-7-9-11-14-18(15-12-10-8-5-2)16-13-17-21-19(20)6-3;1-4-7-9-11-14-17(13-10-8-5-2)15-12-16-20-18(19)6-3/h6,20H,3-5,7-19H2,1-2H3;6,19H,3-5,7-18H2,1-2H3;2*6,18H,3-5,7-17H2,1-2H3;6,17H,3-5,7-16H2,1-2H3. The first kappa shape index (κ1) is 112. The van der Waals surface area contributed by atoms with E-state index >= 15 is 0 Å². The van der Waals surface area contributed by atoms with Crippen molar-refractivity contribution in [3.05, 3.63) is 63.3 Å². The van der Waals surface area contributed by atoms with E-state index in [-0.39, 0.29) is 29.8 Å². The van der Waals surface area contributed by atoms with Crippen LogP contribution in [0, 0.1) is 29.6 Å². The van der Waals surface area contributed by atoms with Crippen LogP contribution in [0.25, 0.3) is 0 Å². The topological polar surface area (TPSA) is 132 Å². The van der Waals surface area contributed by atoms with Crippen LogP contribution in [0.5, 0.6) is 0 Å². The van der Waals surface area contributed by atoms with Crippen molar-refractivity contribution in [3.63, 3.8) is 0 Å². The van der Waals surface area contributed by atoms with Crippen molar-refractivity contribution < 1.29 is 47.7 Å². The van der Waals surface area contributed by atoms with Crippen LogP contribution in [0.2, 0.25) is 0 Å². The van der Waals surface area contributed by atoms with Crippen molar-refractivity contribution >= 4 is 29.8 Å². The number of ether oxygens (including phenoxy) is 5. The Hall–Kier alpha value is -3.95. The van der Waals surface area contributed by atoms with E-state index in [2.05, 4.69) is 102 Å². The SMILES string of the molecule is C=CC(=O)OCCCC(CCCCC)CCCCCC.C=CC(=O)OCCCC(CCCCC)CCCCCCC.C=CC(=O)OCCCC(CCCCCC)CCCCCC.C=CC(=O)OCCCC(CCCCCC)CCCCCCC.C=CC(=O)OCCCC(CCCCCCC)CCCCCCC. The minimum absolute atomic E-state index is 0.291. The Morgan fingerprint density at radius 2 is 0.280 bits per heavy atom. The molecule has 0 aromatic rings. The van der Waals surface area contributed by atoms with E-state index in [4.69, 9.17) is 23.7 Å². The van der Waals surface area contributed by atoms with E-state index in [1.54, 1.807) is 0 Å². The van der Waals surface area contributed by atoms with Gasteiger partial charge in [0.15, 0.2) is 0 Å². The van der Waals surface area contributed by atoms with Crippen molar-refractivity contribution in [1.29, 1.82) is 0 Å². The lowest BCUT2D eigenvalue weighted by Crippen LogP contribution is -2.06. The molecule has 632 valence electrons.